The van der Waals surface area contributed by atoms with Crippen LogP contribution in [0, 0.1) is 0 Å². The van der Waals surface area contributed by atoms with Gasteiger partial charge in [0.15, 0.2) is 5.82 Å². The van der Waals surface area contributed by atoms with Gasteiger partial charge in [0, 0.05) is 12.0 Å². The Hall–Kier alpha value is -4.66. The van der Waals surface area contributed by atoms with Gasteiger partial charge in [0.05, 0.1) is 11.9 Å². The van der Waals surface area contributed by atoms with Crippen molar-refractivity contribution in [3.05, 3.63) is 96.6 Å². The van der Waals surface area contributed by atoms with Gasteiger partial charge in [-0.25, -0.2) is 4.98 Å². The Balaban J connectivity index is 1.56. The molecule has 0 saturated heterocycles. The number of carbonyl (C=O) groups is 3. The van der Waals surface area contributed by atoms with Crippen molar-refractivity contribution in [2.45, 2.75) is 12.5 Å². The van der Waals surface area contributed by atoms with E-state index < -0.39 is 23.6 Å². The highest BCUT2D eigenvalue weighted by molar-refractivity contribution is 6.38. The Kier molecular flexibility index (Phi) is 6.31. The second-order valence-electron chi connectivity index (χ2n) is 7.24. The van der Waals surface area contributed by atoms with E-state index >= 15 is 0 Å². The number of nitrogens with zero attached hydrogens (tertiary/aromatic N) is 4. The quantitative estimate of drug-likeness (QED) is 0.401. The Labute approximate surface area is 189 Å². The smallest absolute Gasteiger partial charge is 0.287 e. The van der Waals surface area contributed by atoms with Gasteiger partial charge in [0.2, 0.25) is 5.78 Å². The molecular formula is C24H20N6O3. The van der Waals surface area contributed by atoms with Gasteiger partial charge < -0.3 is 11.1 Å². The molecule has 2 aromatic heterocycles. The molecule has 0 fully saturated rings. The minimum Gasteiger partial charge on any atom is -0.363 e. The van der Waals surface area contributed by atoms with E-state index in [1.807, 2.05) is 36.4 Å². The highest BCUT2D eigenvalue weighted by Gasteiger charge is 2.27. The number of primary amides is 1. The number of amides is 2. The van der Waals surface area contributed by atoms with Crippen LogP contribution < -0.4 is 11.1 Å². The second kappa shape index (κ2) is 9.65. The lowest BCUT2D eigenvalue weighted by molar-refractivity contribution is -0.137. The number of ketones is 1. The van der Waals surface area contributed by atoms with Crippen LogP contribution in [0.4, 0.5) is 0 Å². The minimum atomic E-state index is -1.12. The van der Waals surface area contributed by atoms with Crippen molar-refractivity contribution in [3.8, 4) is 17.1 Å². The molecule has 0 unspecified atom stereocenters. The summed E-state index contributed by atoms with van der Waals surface area (Å²) in [7, 11) is 0. The first-order valence-corrected chi connectivity index (χ1v) is 10.1. The molecule has 3 N–H and O–H groups in total. The third-order valence-corrected chi connectivity index (χ3v) is 4.99. The van der Waals surface area contributed by atoms with Gasteiger partial charge in [-0.3, -0.25) is 19.0 Å². The van der Waals surface area contributed by atoms with Crippen molar-refractivity contribution in [3.63, 3.8) is 0 Å². The van der Waals surface area contributed by atoms with Crippen LogP contribution in [-0.2, 0) is 16.0 Å². The fraction of sp³-hybridized carbons (Fsp3) is 0.0833. The van der Waals surface area contributed by atoms with Crippen molar-refractivity contribution < 1.29 is 14.4 Å². The first kappa shape index (κ1) is 21.6. The van der Waals surface area contributed by atoms with Crippen molar-refractivity contribution in [2.75, 3.05) is 0 Å². The Morgan fingerprint density at radius 3 is 2.24 bits per heavy atom. The van der Waals surface area contributed by atoms with E-state index in [2.05, 4.69) is 20.5 Å². The third kappa shape index (κ3) is 4.99. The van der Waals surface area contributed by atoms with Crippen LogP contribution in [-0.4, -0.2) is 43.4 Å². The summed E-state index contributed by atoms with van der Waals surface area (Å²) in [6.45, 7) is 0. The first-order chi connectivity index (χ1) is 16.0. The summed E-state index contributed by atoms with van der Waals surface area (Å²) in [6.07, 6.45) is 2.88. The normalized spacial score (nSPS) is 11.5. The largest absolute Gasteiger partial charge is 0.363 e. The van der Waals surface area contributed by atoms with E-state index in [4.69, 9.17) is 5.73 Å². The lowest BCUT2D eigenvalue weighted by Crippen LogP contribution is -2.47. The van der Waals surface area contributed by atoms with Gasteiger partial charge in [-0.2, -0.15) is 0 Å². The molecule has 0 spiro atoms. The van der Waals surface area contributed by atoms with Crippen LogP contribution in [0.3, 0.4) is 0 Å². The Bertz CT molecular complexity index is 1270. The fourth-order valence-electron chi connectivity index (χ4n) is 3.33. The number of imidazole rings is 1. The van der Waals surface area contributed by atoms with E-state index in [1.54, 1.807) is 36.4 Å². The molecule has 0 aliphatic heterocycles. The molecule has 0 aliphatic rings. The maximum Gasteiger partial charge on any atom is 0.287 e. The summed E-state index contributed by atoms with van der Waals surface area (Å²) in [5.74, 6) is -2.23. The highest BCUT2D eigenvalue weighted by atomic mass is 16.2. The maximum absolute atomic E-state index is 13.0. The molecule has 9 nitrogen and oxygen atoms in total. The molecule has 33 heavy (non-hydrogen) atoms. The number of nitrogens with one attached hydrogen (secondary N) is 1. The molecule has 2 amide bonds. The van der Waals surface area contributed by atoms with Gasteiger partial charge >= 0.3 is 0 Å². The number of Topliss-reactive ketones (excluding diaryl/α,β-unsaturated/α-hetero) is 1. The number of nitrogens with two attached hydrogens (primary N) is 1. The molecule has 2 aromatic carbocycles. The first-order valence-electron chi connectivity index (χ1n) is 10.1. The summed E-state index contributed by atoms with van der Waals surface area (Å²) in [6, 6.07) is 21.0. The van der Waals surface area contributed by atoms with Crippen molar-refractivity contribution >= 4 is 17.6 Å². The molecule has 0 saturated carbocycles. The average Bonchev–Trinajstić information content (AvgIpc) is 3.34. The monoisotopic (exact) mass is 440 g/mol. The standard InChI is InChI=1S/C24H20N6O3/c25-23(32)22(31)19(13-16-7-3-1-4-8-16)27-24(33)20-14-26-15-30(20)21-12-11-18(28-29-21)17-9-5-2-6-10-17/h1-12,14-15,19H,13H2,(H2,25,32)(H,27,33)/t19-/m0/s1. The molecule has 0 radical (unpaired) electrons. The second-order valence-corrected chi connectivity index (χ2v) is 7.24. The summed E-state index contributed by atoms with van der Waals surface area (Å²) in [4.78, 5) is 40.9. The van der Waals surface area contributed by atoms with Gasteiger partial charge in [-0.1, -0.05) is 60.7 Å². The van der Waals surface area contributed by atoms with E-state index in [0.717, 1.165) is 11.1 Å². The predicted octanol–water partition coefficient (Wildman–Crippen LogP) is 1.72. The molecule has 0 aliphatic carbocycles. The number of benzene rings is 2. The fourth-order valence-corrected chi connectivity index (χ4v) is 3.33. The molecule has 9 heteroatoms. The van der Waals surface area contributed by atoms with Crippen molar-refractivity contribution in [1.82, 2.24) is 25.1 Å². The van der Waals surface area contributed by atoms with Gasteiger partial charge in [0.1, 0.15) is 18.1 Å². The van der Waals surface area contributed by atoms with Gasteiger partial charge in [-0.15, -0.1) is 10.2 Å². The van der Waals surface area contributed by atoms with E-state index in [1.165, 1.54) is 17.1 Å². The average molecular weight is 440 g/mol. The van der Waals surface area contributed by atoms with Crippen LogP contribution >= 0.6 is 0 Å². The molecule has 4 aromatic rings. The van der Waals surface area contributed by atoms with Crippen molar-refractivity contribution in [1.29, 1.82) is 0 Å². The predicted molar refractivity (Wildman–Crippen MR) is 120 cm³/mol. The Morgan fingerprint density at radius 1 is 0.909 bits per heavy atom. The molecular weight excluding hydrogens is 420 g/mol. The topological polar surface area (TPSA) is 133 Å². The van der Waals surface area contributed by atoms with E-state index in [-0.39, 0.29) is 12.1 Å². The molecule has 0 bridgehead atoms. The Morgan fingerprint density at radius 2 is 1.61 bits per heavy atom. The van der Waals surface area contributed by atoms with Crippen LogP contribution in [0.15, 0.2) is 85.3 Å². The van der Waals surface area contributed by atoms with Gasteiger partial charge in [0.25, 0.3) is 11.8 Å². The number of hydrogen-bond donors (Lipinski definition) is 2. The zero-order valence-corrected chi connectivity index (χ0v) is 17.5. The highest BCUT2D eigenvalue weighted by Crippen LogP contribution is 2.17. The van der Waals surface area contributed by atoms with Crippen LogP contribution in [0.25, 0.3) is 17.1 Å². The zero-order valence-electron chi connectivity index (χ0n) is 17.5. The zero-order chi connectivity index (χ0) is 23.2. The summed E-state index contributed by atoms with van der Waals surface area (Å²) in [5.41, 5.74) is 7.69. The summed E-state index contributed by atoms with van der Waals surface area (Å²) >= 11 is 0. The summed E-state index contributed by atoms with van der Waals surface area (Å²) in [5, 5.41) is 11.0. The molecule has 2 heterocycles. The van der Waals surface area contributed by atoms with Crippen LogP contribution in [0.5, 0.6) is 0 Å². The van der Waals surface area contributed by atoms with Crippen molar-refractivity contribution in [2.24, 2.45) is 5.73 Å². The molecule has 164 valence electrons. The number of hydrogen-bond acceptors (Lipinski definition) is 6. The summed E-state index contributed by atoms with van der Waals surface area (Å²) < 4.78 is 1.45. The van der Waals surface area contributed by atoms with E-state index in [0.29, 0.717) is 11.5 Å². The maximum atomic E-state index is 13.0. The SMILES string of the molecule is NC(=O)C(=O)[C@H](Cc1ccccc1)NC(=O)c1cncn1-c1ccc(-c2ccccc2)nn1. The number of aromatic nitrogens is 4. The van der Waals surface area contributed by atoms with E-state index in [9.17, 15) is 14.4 Å². The third-order valence-electron chi connectivity index (χ3n) is 4.99. The minimum absolute atomic E-state index is 0.119. The van der Waals surface area contributed by atoms with Gasteiger partial charge in [-0.05, 0) is 17.7 Å². The lowest BCUT2D eigenvalue weighted by atomic mass is 10.0. The lowest BCUT2D eigenvalue weighted by Gasteiger charge is -2.17. The molecule has 1 atom stereocenters. The molecule has 4 rings (SSSR count). The van der Waals surface area contributed by atoms with Crippen LogP contribution in [0.2, 0.25) is 0 Å². The number of rotatable bonds is 8. The number of carbonyl (C=O) groups excluding carboxylic acids is 3. The van der Waals surface area contributed by atoms with Crippen LogP contribution in [0.1, 0.15) is 16.1 Å².